The van der Waals surface area contributed by atoms with E-state index in [1.54, 1.807) is 60.7 Å². The van der Waals surface area contributed by atoms with Crippen LogP contribution in [0.15, 0.2) is 133 Å². The quantitative estimate of drug-likeness (QED) is 0.185. The van der Waals surface area contributed by atoms with Gasteiger partial charge < -0.3 is 29.5 Å². The van der Waals surface area contributed by atoms with E-state index in [-0.39, 0.29) is 23.2 Å². The van der Waals surface area contributed by atoms with Gasteiger partial charge in [0.05, 0.1) is 0 Å². The zero-order chi connectivity index (χ0) is 30.5. The molecule has 0 unspecified atom stereocenters. The fourth-order valence-corrected chi connectivity index (χ4v) is 6.09. The molecule has 0 radical (unpaired) electrons. The van der Waals surface area contributed by atoms with Crippen molar-refractivity contribution in [1.82, 2.24) is 0 Å². The monoisotopic (exact) mass is 590 g/mol. The summed E-state index contributed by atoms with van der Waals surface area (Å²) < 4.78 is 18.8. The average Bonchev–Trinajstić information content (AvgIpc) is 3.06. The molecule has 0 saturated carbocycles. The van der Waals surface area contributed by atoms with Gasteiger partial charge in [-0.2, -0.15) is 0 Å². The van der Waals surface area contributed by atoms with E-state index in [0.717, 1.165) is 49.7 Å². The summed E-state index contributed by atoms with van der Waals surface area (Å²) in [6, 6.07) is 40.7. The van der Waals surface area contributed by atoms with Crippen molar-refractivity contribution in [3.05, 3.63) is 150 Å². The molecule has 0 bridgehead atoms. The number of hydrogen-bond acceptors (Lipinski definition) is 6. The second-order valence-corrected chi connectivity index (χ2v) is 11.0. The summed E-state index contributed by atoms with van der Waals surface area (Å²) in [6.45, 7) is 0. The fourth-order valence-electron chi connectivity index (χ4n) is 6.09. The largest absolute Gasteiger partial charge is 0.508 e. The van der Waals surface area contributed by atoms with Crippen LogP contribution in [0.5, 0.6) is 51.7 Å². The Bertz CT molecular complexity index is 2070. The van der Waals surface area contributed by atoms with Gasteiger partial charge in [0.2, 0.25) is 0 Å². The maximum Gasteiger partial charge on any atom is 0.132 e. The second kappa shape index (κ2) is 10.5. The first kappa shape index (κ1) is 26.5. The van der Waals surface area contributed by atoms with Gasteiger partial charge in [-0.15, -0.1) is 0 Å². The lowest BCUT2D eigenvalue weighted by atomic mass is 9.78. The van der Waals surface area contributed by atoms with Crippen molar-refractivity contribution in [2.24, 2.45) is 0 Å². The highest BCUT2D eigenvalue weighted by molar-refractivity contribution is 5.96. The number of rotatable bonds is 5. The first-order valence-electron chi connectivity index (χ1n) is 14.5. The summed E-state index contributed by atoms with van der Waals surface area (Å²) >= 11 is 0. The summed E-state index contributed by atoms with van der Waals surface area (Å²) in [5.41, 5.74) is 3.07. The minimum atomic E-state index is -0.190. The van der Waals surface area contributed by atoms with Crippen LogP contribution < -0.4 is 14.2 Å². The van der Waals surface area contributed by atoms with E-state index in [4.69, 9.17) is 14.2 Å². The average molecular weight is 591 g/mol. The van der Waals surface area contributed by atoms with Crippen LogP contribution in [0.1, 0.15) is 22.6 Å². The molecule has 0 atom stereocenters. The smallest absolute Gasteiger partial charge is 0.132 e. The number of hydrogen-bond donors (Lipinski definition) is 3. The molecule has 8 rings (SSSR count). The Morgan fingerprint density at radius 2 is 0.822 bits per heavy atom. The molecule has 6 nitrogen and oxygen atoms in total. The van der Waals surface area contributed by atoms with Gasteiger partial charge in [-0.05, 0) is 124 Å². The summed E-state index contributed by atoms with van der Waals surface area (Å²) in [7, 11) is 0. The first-order chi connectivity index (χ1) is 22.0. The molecule has 0 spiro atoms. The lowest BCUT2D eigenvalue weighted by Crippen LogP contribution is -2.13. The molecule has 1 aliphatic rings. The third kappa shape index (κ3) is 4.88. The summed E-state index contributed by atoms with van der Waals surface area (Å²) in [5, 5.41) is 33.4. The van der Waals surface area contributed by atoms with Crippen LogP contribution in [0, 0.1) is 0 Å². The van der Waals surface area contributed by atoms with E-state index in [0.29, 0.717) is 23.0 Å². The molecule has 0 amide bonds. The molecule has 0 fully saturated rings. The molecule has 0 aromatic heterocycles. The van der Waals surface area contributed by atoms with Gasteiger partial charge in [-0.25, -0.2) is 0 Å². The highest BCUT2D eigenvalue weighted by Crippen LogP contribution is 2.53. The van der Waals surface area contributed by atoms with Gasteiger partial charge in [-0.3, -0.25) is 0 Å². The molecule has 7 aromatic carbocycles. The molecule has 3 N–H and O–H groups in total. The Kier molecular flexibility index (Phi) is 6.20. The number of ether oxygens (including phenoxy) is 3. The van der Waals surface area contributed by atoms with Gasteiger partial charge in [0.15, 0.2) is 0 Å². The van der Waals surface area contributed by atoms with E-state index in [2.05, 4.69) is 12.1 Å². The number of aromatic hydroxyl groups is 3. The normalized spacial score (nSPS) is 12.4. The van der Waals surface area contributed by atoms with Crippen LogP contribution in [0.3, 0.4) is 0 Å². The highest BCUT2D eigenvalue weighted by Gasteiger charge is 2.32. The van der Waals surface area contributed by atoms with E-state index in [1.165, 1.54) is 0 Å². The van der Waals surface area contributed by atoms with Crippen molar-refractivity contribution in [1.29, 1.82) is 0 Å². The number of benzene rings is 7. The Balaban J connectivity index is 1.26. The molecule has 45 heavy (non-hydrogen) atoms. The van der Waals surface area contributed by atoms with Crippen LogP contribution >= 0.6 is 0 Å². The highest BCUT2D eigenvalue weighted by atomic mass is 16.5. The maximum absolute atomic E-state index is 10.1. The summed E-state index contributed by atoms with van der Waals surface area (Å²) in [5.74, 6) is 4.53. The summed E-state index contributed by atoms with van der Waals surface area (Å²) in [6.07, 6.45) is 0. The topological polar surface area (TPSA) is 88.4 Å². The third-order valence-corrected chi connectivity index (χ3v) is 8.15. The van der Waals surface area contributed by atoms with Crippen LogP contribution in [-0.2, 0) is 0 Å². The van der Waals surface area contributed by atoms with E-state index >= 15 is 0 Å². The Morgan fingerprint density at radius 3 is 1.27 bits per heavy atom. The van der Waals surface area contributed by atoms with Crippen molar-refractivity contribution in [3.8, 4) is 51.7 Å². The second-order valence-electron chi connectivity index (χ2n) is 11.0. The van der Waals surface area contributed by atoms with Gasteiger partial charge in [0.25, 0.3) is 0 Å². The van der Waals surface area contributed by atoms with E-state index in [9.17, 15) is 15.3 Å². The molecule has 0 saturated heterocycles. The van der Waals surface area contributed by atoms with Crippen molar-refractivity contribution < 1.29 is 29.5 Å². The maximum atomic E-state index is 10.1. The van der Waals surface area contributed by atoms with Crippen LogP contribution in [0.4, 0.5) is 0 Å². The third-order valence-electron chi connectivity index (χ3n) is 8.15. The minimum Gasteiger partial charge on any atom is -0.508 e. The van der Waals surface area contributed by atoms with Crippen molar-refractivity contribution >= 4 is 21.5 Å². The van der Waals surface area contributed by atoms with Crippen LogP contribution in [0.2, 0.25) is 0 Å². The number of phenolic OH excluding ortho intramolecular Hbond substituents is 3. The van der Waals surface area contributed by atoms with Crippen molar-refractivity contribution in [2.45, 2.75) is 5.92 Å². The molecule has 1 aliphatic heterocycles. The molecule has 0 aliphatic carbocycles. The Labute approximate surface area is 258 Å². The fraction of sp³-hybridized carbons (Fsp3) is 0.0256. The first-order valence-corrected chi connectivity index (χ1v) is 14.5. The van der Waals surface area contributed by atoms with Crippen molar-refractivity contribution in [2.75, 3.05) is 0 Å². The zero-order valence-corrected chi connectivity index (χ0v) is 23.8. The van der Waals surface area contributed by atoms with E-state index < -0.39 is 0 Å². The number of phenols is 3. The number of fused-ring (bicyclic) bond motifs is 6. The molecule has 218 valence electrons. The Hall–Kier alpha value is -6.14. The van der Waals surface area contributed by atoms with Gasteiger partial charge in [0, 0.05) is 17.0 Å². The van der Waals surface area contributed by atoms with Crippen LogP contribution in [-0.4, -0.2) is 15.3 Å². The molecular weight excluding hydrogens is 564 g/mol. The lowest BCUT2D eigenvalue weighted by molar-refractivity contribution is 0.455. The predicted octanol–water partition coefficient (Wildman–Crippen LogP) is 9.98. The minimum absolute atomic E-state index is 0.182. The molecular formula is C39H26O6. The molecule has 7 aromatic rings. The zero-order valence-electron chi connectivity index (χ0n) is 23.8. The molecule has 6 heteroatoms. The van der Waals surface area contributed by atoms with E-state index in [1.807, 2.05) is 60.7 Å². The lowest BCUT2D eigenvalue weighted by Gasteiger charge is -2.31. The molecule has 1 heterocycles. The van der Waals surface area contributed by atoms with Gasteiger partial charge in [0.1, 0.15) is 51.7 Å². The van der Waals surface area contributed by atoms with Gasteiger partial charge in [-0.1, -0.05) is 36.4 Å². The summed E-state index contributed by atoms with van der Waals surface area (Å²) in [4.78, 5) is 0. The standard InChI is InChI=1S/C39H26O6/c40-26-5-1-23(2-6-26)37-38-33-17-15-31(43-29-11-7-27(41)8-12-29)21-24(33)3-19-35(38)45-36-20-4-25-22-32(16-18-34(25)39(36)37)44-30-13-9-28(42)10-14-30/h1-22,37,40-42H. The van der Waals surface area contributed by atoms with Gasteiger partial charge >= 0.3 is 0 Å². The predicted molar refractivity (Wildman–Crippen MR) is 173 cm³/mol. The van der Waals surface area contributed by atoms with Crippen LogP contribution in [0.25, 0.3) is 21.5 Å². The SMILES string of the molecule is Oc1ccc(Oc2ccc3c4c(ccc3c2)Oc2ccc3cc(Oc5ccc(O)cc5)ccc3c2C4c2ccc(O)cc2)cc1. The van der Waals surface area contributed by atoms with Crippen molar-refractivity contribution in [3.63, 3.8) is 0 Å². The Morgan fingerprint density at radius 1 is 0.422 bits per heavy atom.